The lowest BCUT2D eigenvalue weighted by molar-refractivity contribution is 0.480. The van der Waals surface area contributed by atoms with Gasteiger partial charge in [-0.1, -0.05) is 42.5 Å². The maximum atomic E-state index is 12.2. The second-order valence-corrected chi connectivity index (χ2v) is 11.8. The van der Waals surface area contributed by atoms with E-state index in [9.17, 15) is 25.9 Å². The van der Waals surface area contributed by atoms with Crippen molar-refractivity contribution < 1.29 is 30.4 Å². The summed E-state index contributed by atoms with van der Waals surface area (Å²) in [5, 5.41) is 1.12. The van der Waals surface area contributed by atoms with Gasteiger partial charge >= 0.3 is 0 Å². The van der Waals surface area contributed by atoms with E-state index in [-0.39, 0.29) is 9.79 Å². The zero-order valence-corrected chi connectivity index (χ0v) is 22.3. The number of nitrogens with zero attached hydrogens (tertiary/aromatic N) is 1. The SMILES string of the molecule is Cc1cc(C)c(S(=O)(=O)O)c(C)c1N=c1ccc2c(-c3ccccc3S(=O)(=O)O)c3ccccc3oc-2c1. The maximum Gasteiger partial charge on any atom is 0.295 e. The minimum Gasteiger partial charge on any atom is -0.456 e. The van der Waals surface area contributed by atoms with Crippen LogP contribution in [0.15, 0.2) is 92.0 Å². The highest BCUT2D eigenvalue weighted by atomic mass is 32.2. The average molecular weight is 550 g/mol. The van der Waals surface area contributed by atoms with E-state index in [0.29, 0.717) is 55.6 Å². The van der Waals surface area contributed by atoms with Gasteiger partial charge in [0.1, 0.15) is 21.1 Å². The van der Waals surface area contributed by atoms with Crippen molar-refractivity contribution in [3.63, 3.8) is 0 Å². The van der Waals surface area contributed by atoms with Gasteiger partial charge in [0.2, 0.25) is 0 Å². The lowest BCUT2D eigenvalue weighted by atomic mass is 9.93. The van der Waals surface area contributed by atoms with Crippen LogP contribution >= 0.6 is 0 Å². The third kappa shape index (κ3) is 4.52. The molecular weight excluding hydrogens is 526 g/mol. The van der Waals surface area contributed by atoms with E-state index in [1.54, 1.807) is 69.3 Å². The summed E-state index contributed by atoms with van der Waals surface area (Å²) in [6.07, 6.45) is 0. The van der Waals surface area contributed by atoms with Crippen molar-refractivity contribution in [2.24, 2.45) is 4.99 Å². The van der Waals surface area contributed by atoms with Gasteiger partial charge in [-0.2, -0.15) is 16.8 Å². The first-order chi connectivity index (χ1) is 17.9. The van der Waals surface area contributed by atoms with Crippen LogP contribution in [0, 0.1) is 20.8 Å². The summed E-state index contributed by atoms with van der Waals surface area (Å²) in [6.45, 7) is 5.00. The summed E-state index contributed by atoms with van der Waals surface area (Å²) >= 11 is 0. The number of hydrogen-bond donors (Lipinski definition) is 2. The topological polar surface area (TPSA) is 134 Å². The highest BCUT2D eigenvalue weighted by Gasteiger charge is 2.24. The Kier molecular flexibility index (Phi) is 6.23. The summed E-state index contributed by atoms with van der Waals surface area (Å²) in [5.74, 6) is 0.405. The van der Waals surface area contributed by atoms with Crippen LogP contribution in [0.25, 0.3) is 33.4 Å². The van der Waals surface area contributed by atoms with E-state index < -0.39 is 20.2 Å². The average Bonchev–Trinajstić information content (AvgIpc) is 2.83. The Hall–Kier alpha value is -3.83. The molecule has 1 aliphatic heterocycles. The van der Waals surface area contributed by atoms with Crippen molar-refractivity contribution in [3.05, 3.63) is 94.8 Å². The summed E-state index contributed by atoms with van der Waals surface area (Å²) in [7, 11) is -8.97. The lowest BCUT2D eigenvalue weighted by Crippen LogP contribution is -2.07. The van der Waals surface area contributed by atoms with Crippen LogP contribution in [-0.4, -0.2) is 25.9 Å². The normalized spacial score (nSPS) is 12.9. The van der Waals surface area contributed by atoms with E-state index in [2.05, 4.69) is 4.99 Å². The molecular formula is C28H23NO7S2. The molecule has 10 heteroatoms. The third-order valence-corrected chi connectivity index (χ3v) is 8.46. The molecule has 0 saturated heterocycles. The number of fused-ring (bicyclic) bond motifs is 2. The fourth-order valence-corrected chi connectivity index (χ4v) is 6.59. The number of hydrogen-bond acceptors (Lipinski definition) is 6. The van der Waals surface area contributed by atoms with Gasteiger partial charge in [0.15, 0.2) is 0 Å². The fraction of sp³-hybridized carbons (Fsp3) is 0.107. The summed E-state index contributed by atoms with van der Waals surface area (Å²) in [4.78, 5) is 4.27. The zero-order chi connectivity index (χ0) is 27.4. The Balaban J connectivity index is 1.84. The van der Waals surface area contributed by atoms with E-state index in [4.69, 9.17) is 4.42 Å². The van der Waals surface area contributed by atoms with Crippen molar-refractivity contribution in [1.82, 2.24) is 0 Å². The molecule has 2 aliphatic rings. The first kappa shape index (κ1) is 25.8. The summed E-state index contributed by atoms with van der Waals surface area (Å²) in [5.41, 5.74) is 3.85. The van der Waals surface area contributed by atoms with Crippen molar-refractivity contribution in [2.75, 3.05) is 0 Å². The van der Waals surface area contributed by atoms with Crippen molar-refractivity contribution in [3.8, 4) is 22.5 Å². The monoisotopic (exact) mass is 549 g/mol. The predicted molar refractivity (Wildman–Crippen MR) is 144 cm³/mol. The molecule has 0 amide bonds. The standard InChI is InChI=1S/C28H23NO7S2/c1-16-14-17(2)28(38(33,34)35)18(3)27(16)29-19-12-13-21-24(15-19)36-23-10-6-4-8-20(23)26(21)22-9-5-7-11-25(22)37(30,31)32/h4-15H,1-3H3,(H,30,31,32)(H,33,34,35). The molecule has 2 N–H and O–H groups in total. The Bertz CT molecular complexity index is 2010. The van der Waals surface area contributed by atoms with E-state index in [1.165, 1.54) is 12.1 Å². The van der Waals surface area contributed by atoms with Gasteiger partial charge in [-0.25, -0.2) is 4.99 Å². The molecule has 0 spiro atoms. The second-order valence-electron chi connectivity index (χ2n) is 9.02. The first-order valence-corrected chi connectivity index (χ1v) is 14.4. The summed E-state index contributed by atoms with van der Waals surface area (Å²) in [6, 6.07) is 20.1. The first-order valence-electron chi connectivity index (χ1n) is 11.5. The molecule has 5 rings (SSSR count). The van der Waals surface area contributed by atoms with E-state index in [1.807, 2.05) is 12.1 Å². The van der Waals surface area contributed by atoms with Crippen LogP contribution in [0.4, 0.5) is 5.69 Å². The van der Waals surface area contributed by atoms with Gasteiger partial charge in [-0.15, -0.1) is 0 Å². The van der Waals surface area contributed by atoms with Crippen LogP contribution in [0.5, 0.6) is 0 Å². The number of rotatable bonds is 4. The van der Waals surface area contributed by atoms with Crippen molar-refractivity contribution in [2.45, 2.75) is 30.6 Å². The molecule has 0 saturated carbocycles. The van der Waals surface area contributed by atoms with Gasteiger partial charge in [-0.05, 0) is 61.7 Å². The van der Waals surface area contributed by atoms with Crippen LogP contribution in [0.2, 0.25) is 0 Å². The Morgan fingerprint density at radius 2 is 1.42 bits per heavy atom. The molecule has 0 fully saturated rings. The zero-order valence-electron chi connectivity index (χ0n) is 20.6. The number of benzene rings is 4. The van der Waals surface area contributed by atoms with Crippen LogP contribution < -0.4 is 5.36 Å². The number of aryl methyl sites for hydroxylation is 2. The molecule has 1 aliphatic carbocycles. The van der Waals surface area contributed by atoms with Gasteiger partial charge < -0.3 is 4.42 Å². The smallest absolute Gasteiger partial charge is 0.295 e. The number of para-hydroxylation sites is 1. The Labute approximate surface area is 219 Å². The molecule has 3 aromatic rings. The molecule has 0 atom stereocenters. The minimum atomic E-state index is -4.52. The van der Waals surface area contributed by atoms with Gasteiger partial charge in [-0.3, -0.25) is 9.11 Å². The molecule has 1 heterocycles. The molecule has 38 heavy (non-hydrogen) atoms. The third-order valence-electron chi connectivity index (χ3n) is 6.40. The quantitative estimate of drug-likeness (QED) is 0.212. The van der Waals surface area contributed by atoms with Gasteiger partial charge in [0.05, 0.1) is 11.0 Å². The minimum absolute atomic E-state index is 0.178. The van der Waals surface area contributed by atoms with E-state index >= 15 is 0 Å². The van der Waals surface area contributed by atoms with Crippen LogP contribution in [-0.2, 0) is 20.2 Å². The Morgan fingerprint density at radius 3 is 2.13 bits per heavy atom. The highest BCUT2D eigenvalue weighted by molar-refractivity contribution is 7.86. The van der Waals surface area contributed by atoms with Crippen LogP contribution in [0.3, 0.4) is 0 Å². The molecule has 0 bridgehead atoms. The molecule has 194 valence electrons. The van der Waals surface area contributed by atoms with Crippen LogP contribution in [0.1, 0.15) is 16.7 Å². The lowest BCUT2D eigenvalue weighted by Gasteiger charge is -2.17. The molecule has 8 nitrogen and oxygen atoms in total. The largest absolute Gasteiger partial charge is 0.456 e. The predicted octanol–water partition coefficient (Wildman–Crippen LogP) is 5.86. The maximum absolute atomic E-state index is 12.2. The highest BCUT2D eigenvalue weighted by Crippen LogP contribution is 2.42. The van der Waals surface area contributed by atoms with Crippen molar-refractivity contribution >= 4 is 36.9 Å². The van der Waals surface area contributed by atoms with Gasteiger partial charge in [0.25, 0.3) is 20.2 Å². The summed E-state index contributed by atoms with van der Waals surface area (Å²) < 4.78 is 74.2. The second kappa shape index (κ2) is 9.17. The molecule has 0 unspecified atom stereocenters. The van der Waals surface area contributed by atoms with E-state index in [0.717, 1.165) is 5.56 Å². The molecule has 3 aromatic carbocycles. The molecule has 0 radical (unpaired) electrons. The van der Waals surface area contributed by atoms with Crippen molar-refractivity contribution in [1.29, 1.82) is 0 Å². The van der Waals surface area contributed by atoms with Gasteiger partial charge in [0, 0.05) is 28.1 Å². The fourth-order valence-electron chi connectivity index (χ4n) is 4.94. The molecule has 0 aromatic heterocycles. The Morgan fingerprint density at radius 1 is 0.737 bits per heavy atom.